The molecule has 0 fully saturated rings. The Morgan fingerprint density at radius 2 is 2.00 bits per heavy atom. The van der Waals surface area contributed by atoms with Crippen molar-refractivity contribution in [2.24, 2.45) is 5.10 Å². The molecule has 6 heteroatoms. The van der Waals surface area contributed by atoms with Crippen molar-refractivity contribution in [2.45, 2.75) is 13.3 Å². The van der Waals surface area contributed by atoms with Crippen LogP contribution in [0, 0.1) is 5.82 Å². The molecule has 1 N–H and O–H groups in total. The molecular weight excluding hydrogens is 300 g/mol. The van der Waals surface area contributed by atoms with Gasteiger partial charge in [0.2, 0.25) is 0 Å². The molecule has 0 saturated heterocycles. The van der Waals surface area contributed by atoms with Gasteiger partial charge in [0, 0.05) is 6.20 Å². The predicted molar refractivity (Wildman–Crippen MR) is 81.1 cm³/mol. The van der Waals surface area contributed by atoms with Crippen LogP contribution >= 0.6 is 23.2 Å². The predicted octanol–water partition coefficient (Wildman–Crippen LogP) is 4.75. The van der Waals surface area contributed by atoms with Crippen LogP contribution in [0.1, 0.15) is 18.9 Å². The van der Waals surface area contributed by atoms with Crippen LogP contribution in [0.25, 0.3) is 0 Å². The van der Waals surface area contributed by atoms with Crippen molar-refractivity contribution in [1.29, 1.82) is 0 Å². The minimum atomic E-state index is -0.278. The fraction of sp³-hybridized carbons (Fsp3) is 0.143. The van der Waals surface area contributed by atoms with E-state index in [0.717, 1.165) is 11.3 Å². The molecule has 0 aliphatic carbocycles. The highest BCUT2D eigenvalue weighted by atomic mass is 35.5. The first-order valence-corrected chi connectivity index (χ1v) is 6.75. The Morgan fingerprint density at radius 3 is 2.60 bits per heavy atom. The first-order valence-electron chi connectivity index (χ1n) is 5.99. The zero-order chi connectivity index (χ0) is 14.5. The van der Waals surface area contributed by atoms with Gasteiger partial charge in [0.05, 0.1) is 15.8 Å². The van der Waals surface area contributed by atoms with E-state index in [-0.39, 0.29) is 5.82 Å². The summed E-state index contributed by atoms with van der Waals surface area (Å²) >= 11 is 11.8. The number of rotatable bonds is 4. The summed E-state index contributed by atoms with van der Waals surface area (Å²) in [7, 11) is 0. The Bertz CT molecular complexity index is 627. The second-order valence-electron chi connectivity index (χ2n) is 4.01. The van der Waals surface area contributed by atoms with E-state index in [1.54, 1.807) is 18.2 Å². The summed E-state index contributed by atoms with van der Waals surface area (Å²) in [5, 5.41) is 5.10. The third kappa shape index (κ3) is 3.68. The monoisotopic (exact) mass is 311 g/mol. The van der Waals surface area contributed by atoms with Crippen LogP contribution in [0.3, 0.4) is 0 Å². The lowest BCUT2D eigenvalue weighted by Gasteiger charge is -2.06. The summed E-state index contributed by atoms with van der Waals surface area (Å²) in [5.74, 6) is 0.142. The minimum Gasteiger partial charge on any atom is -0.260 e. The van der Waals surface area contributed by atoms with Gasteiger partial charge >= 0.3 is 0 Å². The molecule has 0 saturated carbocycles. The Labute approximate surface area is 126 Å². The van der Waals surface area contributed by atoms with E-state index in [0.29, 0.717) is 22.3 Å². The largest absolute Gasteiger partial charge is 0.260 e. The molecule has 0 bridgehead atoms. The van der Waals surface area contributed by atoms with Crippen molar-refractivity contribution in [2.75, 3.05) is 5.43 Å². The van der Waals surface area contributed by atoms with Gasteiger partial charge in [-0.3, -0.25) is 5.43 Å². The van der Waals surface area contributed by atoms with Gasteiger partial charge in [0.25, 0.3) is 0 Å². The van der Waals surface area contributed by atoms with Gasteiger partial charge in [0.1, 0.15) is 5.82 Å². The van der Waals surface area contributed by atoms with E-state index in [1.807, 2.05) is 6.92 Å². The van der Waals surface area contributed by atoms with Crippen LogP contribution < -0.4 is 5.43 Å². The molecule has 0 aliphatic rings. The van der Waals surface area contributed by atoms with Crippen molar-refractivity contribution in [3.05, 3.63) is 58.0 Å². The molecular formula is C14H12Cl2FN3. The molecule has 3 nitrogen and oxygen atoms in total. The minimum absolute atomic E-state index is 0.278. The van der Waals surface area contributed by atoms with Crippen LogP contribution in [0.5, 0.6) is 0 Å². The molecule has 0 unspecified atom stereocenters. The lowest BCUT2D eigenvalue weighted by Crippen LogP contribution is -2.04. The highest BCUT2D eigenvalue weighted by Gasteiger charge is 2.04. The molecule has 0 radical (unpaired) electrons. The number of nitrogens with zero attached hydrogens (tertiary/aromatic N) is 2. The van der Waals surface area contributed by atoms with Crippen LogP contribution in [0.4, 0.5) is 10.2 Å². The van der Waals surface area contributed by atoms with Crippen LogP contribution in [-0.4, -0.2) is 10.7 Å². The van der Waals surface area contributed by atoms with Crippen molar-refractivity contribution in [3.8, 4) is 0 Å². The van der Waals surface area contributed by atoms with E-state index in [9.17, 15) is 4.39 Å². The van der Waals surface area contributed by atoms with E-state index in [4.69, 9.17) is 23.2 Å². The molecule has 20 heavy (non-hydrogen) atoms. The number of benzene rings is 1. The van der Waals surface area contributed by atoms with Crippen molar-refractivity contribution < 1.29 is 4.39 Å². The molecule has 1 aromatic heterocycles. The number of halogens is 3. The summed E-state index contributed by atoms with van der Waals surface area (Å²) < 4.78 is 12.9. The Balaban J connectivity index is 2.21. The lowest BCUT2D eigenvalue weighted by molar-refractivity contribution is 0.627. The summed E-state index contributed by atoms with van der Waals surface area (Å²) in [5.41, 5.74) is 4.41. The van der Waals surface area contributed by atoms with E-state index < -0.39 is 0 Å². The summed E-state index contributed by atoms with van der Waals surface area (Å²) in [6, 6.07) is 7.73. The molecule has 2 aromatic rings. The van der Waals surface area contributed by atoms with Crippen LogP contribution in [0.2, 0.25) is 10.0 Å². The number of anilines is 1. The van der Waals surface area contributed by atoms with Gasteiger partial charge in [-0.25, -0.2) is 9.37 Å². The smallest absolute Gasteiger partial charge is 0.165 e. The molecule has 1 aromatic carbocycles. The number of nitrogens with one attached hydrogen (secondary N) is 1. The average Bonchev–Trinajstić information content (AvgIpc) is 2.43. The summed E-state index contributed by atoms with van der Waals surface area (Å²) in [4.78, 5) is 4.05. The maximum Gasteiger partial charge on any atom is 0.165 e. The third-order valence-electron chi connectivity index (χ3n) is 2.62. The molecule has 0 atom stereocenters. The lowest BCUT2D eigenvalue weighted by atomic mass is 10.1. The zero-order valence-corrected chi connectivity index (χ0v) is 12.2. The highest BCUT2D eigenvalue weighted by molar-refractivity contribution is 6.35. The van der Waals surface area contributed by atoms with E-state index >= 15 is 0 Å². The topological polar surface area (TPSA) is 37.3 Å². The SMILES string of the molecule is CC/C(=N/Nc1ncc(Cl)cc1Cl)c1ccc(F)cc1. The van der Waals surface area contributed by atoms with Crippen LogP contribution in [0.15, 0.2) is 41.6 Å². The molecule has 0 spiro atoms. The Hall–Kier alpha value is -1.65. The molecule has 0 amide bonds. The Morgan fingerprint density at radius 1 is 1.30 bits per heavy atom. The average molecular weight is 312 g/mol. The van der Waals surface area contributed by atoms with Crippen molar-refractivity contribution >= 4 is 34.7 Å². The quantitative estimate of drug-likeness (QED) is 0.653. The van der Waals surface area contributed by atoms with Gasteiger partial charge in [0.15, 0.2) is 5.82 Å². The maximum absolute atomic E-state index is 12.9. The van der Waals surface area contributed by atoms with Gasteiger partial charge in [-0.1, -0.05) is 42.3 Å². The van der Waals surface area contributed by atoms with E-state index in [1.165, 1.54) is 18.3 Å². The van der Waals surface area contributed by atoms with Gasteiger partial charge in [-0.05, 0) is 30.2 Å². The van der Waals surface area contributed by atoms with Gasteiger partial charge in [-0.2, -0.15) is 5.10 Å². The summed E-state index contributed by atoms with van der Waals surface area (Å²) in [6.07, 6.45) is 2.17. The van der Waals surface area contributed by atoms with Crippen molar-refractivity contribution in [1.82, 2.24) is 4.98 Å². The maximum atomic E-state index is 12.9. The number of hydrogen-bond donors (Lipinski definition) is 1. The first kappa shape index (κ1) is 14.8. The third-order valence-corrected chi connectivity index (χ3v) is 3.11. The fourth-order valence-corrected chi connectivity index (χ4v) is 2.03. The number of aromatic nitrogens is 1. The second kappa shape index (κ2) is 6.68. The van der Waals surface area contributed by atoms with Gasteiger partial charge < -0.3 is 0 Å². The fourth-order valence-electron chi connectivity index (χ4n) is 1.61. The Kier molecular flexibility index (Phi) is 4.93. The van der Waals surface area contributed by atoms with Gasteiger partial charge in [-0.15, -0.1) is 0 Å². The molecule has 2 rings (SSSR count). The molecule has 0 aliphatic heterocycles. The summed E-state index contributed by atoms with van der Waals surface area (Å²) in [6.45, 7) is 1.96. The number of hydrogen-bond acceptors (Lipinski definition) is 3. The highest BCUT2D eigenvalue weighted by Crippen LogP contribution is 2.22. The standard InChI is InChI=1S/C14H12Cl2FN3/c1-2-13(9-3-5-11(17)6-4-9)19-20-14-12(16)7-10(15)8-18-14/h3-8H,2H2,1H3,(H,18,20)/b19-13-. The number of pyridine rings is 1. The zero-order valence-electron chi connectivity index (χ0n) is 10.7. The first-order chi connectivity index (χ1) is 9.60. The molecule has 1 heterocycles. The van der Waals surface area contributed by atoms with Crippen LogP contribution in [-0.2, 0) is 0 Å². The molecule has 104 valence electrons. The normalized spacial score (nSPS) is 11.5. The number of hydrazone groups is 1. The second-order valence-corrected chi connectivity index (χ2v) is 4.86. The van der Waals surface area contributed by atoms with Crippen molar-refractivity contribution in [3.63, 3.8) is 0 Å². The van der Waals surface area contributed by atoms with E-state index in [2.05, 4.69) is 15.5 Å².